The summed E-state index contributed by atoms with van der Waals surface area (Å²) in [6, 6.07) is 5.83. The largest absolute Gasteiger partial charge is 0.691 e. The highest BCUT2D eigenvalue weighted by Crippen LogP contribution is 2.50. The van der Waals surface area contributed by atoms with Gasteiger partial charge >= 0.3 is 19.7 Å². The van der Waals surface area contributed by atoms with Crippen LogP contribution in [0.5, 0.6) is 0 Å². The standard InChI is InChI=1S/C40H61F3N4O9P2S/c1-9-10-11-14-20-37-39(6,7)35-31-34(21-22-36(35)46(37)25-19-30-59-56-55-49)58(50,54-28-18-15-23-45-38(48)40(41,42)43)53-27-17-13-12-16-26-51-57(52-29-24-44-8)47(32(2)3)33(4)5/h9-11,14,20-22,31-33H,1,12-13,15-19,23-30H2,2-7H3,(H-,45,48,49)/b11-10+,20-14+. The van der Waals surface area contributed by atoms with Crippen molar-refractivity contribution in [3.8, 4) is 0 Å². The molecule has 0 aliphatic carbocycles. The third kappa shape index (κ3) is 17.8. The fraction of sp³-hybridized carbons (Fsp3) is 0.625. The van der Waals surface area contributed by atoms with E-state index in [-0.39, 0.29) is 51.2 Å². The molecule has 0 spiro atoms. The van der Waals surface area contributed by atoms with Crippen LogP contribution in [0.15, 0.2) is 55.2 Å². The van der Waals surface area contributed by atoms with Crippen molar-refractivity contribution in [1.82, 2.24) is 9.99 Å². The molecule has 1 aliphatic heterocycles. The van der Waals surface area contributed by atoms with Crippen molar-refractivity contribution >= 4 is 50.8 Å². The van der Waals surface area contributed by atoms with Crippen LogP contribution in [0.1, 0.15) is 92.1 Å². The van der Waals surface area contributed by atoms with Crippen molar-refractivity contribution in [2.75, 3.05) is 51.8 Å². The zero-order valence-corrected chi connectivity index (χ0v) is 37.6. The summed E-state index contributed by atoms with van der Waals surface area (Å²) in [7, 11) is -5.26. The van der Waals surface area contributed by atoms with Crippen LogP contribution in [0, 0.1) is 6.57 Å². The molecule has 1 aliphatic rings. The molecule has 0 aromatic heterocycles. The number of nitrogens with zero attached hydrogens (tertiary/aromatic N) is 3. The van der Waals surface area contributed by atoms with E-state index >= 15 is 0 Å². The van der Waals surface area contributed by atoms with Crippen LogP contribution in [0.25, 0.3) is 4.85 Å². The molecule has 1 amide bonds. The minimum atomic E-state index is -4.97. The van der Waals surface area contributed by atoms with E-state index in [1.807, 2.05) is 41.8 Å². The fourth-order valence-corrected chi connectivity index (χ4v) is 9.92. The molecule has 0 saturated carbocycles. The Balaban J connectivity index is 2.21. The number of carbonyl (C=O) groups excluding carboxylic acids is 1. The van der Waals surface area contributed by atoms with Crippen molar-refractivity contribution in [2.45, 2.75) is 110 Å². The SMILES string of the molecule is [C-]#[N+]CCOP(OCCCCCCOP(=O)(OCCCCNC(=O)C(F)(F)F)c1ccc2c(c1)C(C)(C)C(/C=C/C=C/C=C)=[N+]2CCCSOO[O-])N(C(C)C)C(C)C. The van der Waals surface area contributed by atoms with E-state index in [2.05, 4.69) is 71.6 Å². The van der Waals surface area contributed by atoms with Crippen LogP contribution < -0.4 is 15.9 Å². The summed E-state index contributed by atoms with van der Waals surface area (Å²) in [6.45, 7) is 24.7. The Labute approximate surface area is 353 Å². The van der Waals surface area contributed by atoms with Crippen molar-refractivity contribution < 1.29 is 59.8 Å². The number of fused-ring (bicyclic) bond motifs is 1. The molecular formula is C40H61F3N4O9P2S. The third-order valence-corrected chi connectivity index (χ3v) is 13.7. The zero-order valence-electron chi connectivity index (χ0n) is 35.0. The van der Waals surface area contributed by atoms with Gasteiger partial charge in [-0.3, -0.25) is 14.4 Å². The molecule has 2 atom stereocenters. The van der Waals surface area contributed by atoms with Gasteiger partial charge < -0.3 is 33.5 Å². The van der Waals surface area contributed by atoms with Gasteiger partial charge in [-0.2, -0.15) is 22.1 Å². The molecule has 332 valence electrons. The summed E-state index contributed by atoms with van der Waals surface area (Å²) < 4.78 is 85.5. The predicted octanol–water partition coefficient (Wildman–Crippen LogP) is 8.79. The Morgan fingerprint density at radius 3 is 2.27 bits per heavy atom. The van der Waals surface area contributed by atoms with Crippen LogP contribution >= 0.6 is 28.2 Å². The van der Waals surface area contributed by atoms with Gasteiger partial charge in [-0.25, -0.2) is 11.2 Å². The van der Waals surface area contributed by atoms with Crippen molar-refractivity contribution in [3.05, 3.63) is 72.1 Å². The Bertz CT molecular complexity index is 1630. The van der Waals surface area contributed by atoms with Crippen LogP contribution in [0.3, 0.4) is 0 Å². The van der Waals surface area contributed by atoms with E-state index in [1.165, 1.54) is 0 Å². The lowest BCUT2D eigenvalue weighted by Gasteiger charge is -2.35. The zero-order chi connectivity index (χ0) is 43.9. The van der Waals surface area contributed by atoms with E-state index in [0.717, 1.165) is 48.3 Å². The molecule has 2 rings (SSSR count). The van der Waals surface area contributed by atoms with Crippen LogP contribution in [-0.2, 0) is 42.2 Å². The van der Waals surface area contributed by atoms with E-state index in [1.54, 1.807) is 12.1 Å². The second kappa shape index (κ2) is 27.5. The molecule has 1 aromatic carbocycles. The quantitative estimate of drug-likeness (QED) is 0.0112. The minimum Gasteiger partial charge on any atom is -0.691 e. The van der Waals surface area contributed by atoms with Gasteiger partial charge in [0.15, 0.2) is 5.71 Å². The summed E-state index contributed by atoms with van der Waals surface area (Å²) in [4.78, 5) is 14.6. The monoisotopic (exact) mass is 892 g/mol. The lowest BCUT2D eigenvalue weighted by atomic mass is 9.81. The number of allylic oxidation sites excluding steroid dienone is 5. The number of carbonyl (C=O) groups is 1. The minimum absolute atomic E-state index is 0.0730. The summed E-state index contributed by atoms with van der Waals surface area (Å²) in [5, 5.41) is 15.9. The number of benzene rings is 1. The molecule has 0 radical (unpaired) electrons. The Morgan fingerprint density at radius 2 is 1.66 bits per heavy atom. The molecule has 0 saturated heterocycles. The molecule has 0 fully saturated rings. The topological polar surface area (TPSA) is 135 Å². The molecule has 2 unspecified atom stereocenters. The molecule has 13 nitrogen and oxygen atoms in total. The number of rotatable bonds is 31. The van der Waals surface area contributed by atoms with E-state index in [9.17, 15) is 27.8 Å². The Hall–Kier alpha value is -2.45. The average Bonchev–Trinajstić information content (AvgIpc) is 3.38. The van der Waals surface area contributed by atoms with Gasteiger partial charge in [0.05, 0.1) is 30.5 Å². The highest BCUT2D eigenvalue weighted by atomic mass is 32.2. The highest BCUT2D eigenvalue weighted by Gasteiger charge is 2.45. The smallest absolute Gasteiger partial charge is 0.471 e. The third-order valence-electron chi connectivity index (χ3n) is 9.02. The molecule has 0 bridgehead atoms. The number of nitrogens with one attached hydrogen (secondary N) is 1. The Kier molecular flexibility index (Phi) is 24.5. The van der Waals surface area contributed by atoms with Crippen LogP contribution in [0.2, 0.25) is 0 Å². The average molecular weight is 893 g/mol. The number of unbranched alkanes of at least 4 members (excludes halogenated alkanes) is 4. The molecule has 1 N–H and O–H groups in total. The maximum atomic E-state index is 14.6. The first-order valence-corrected chi connectivity index (χ1v) is 23.4. The molecule has 1 heterocycles. The molecule has 19 heteroatoms. The fourth-order valence-electron chi connectivity index (χ4n) is 6.29. The van der Waals surface area contributed by atoms with Crippen molar-refractivity contribution in [3.63, 3.8) is 0 Å². The number of alkyl halides is 3. The predicted molar refractivity (Wildman–Crippen MR) is 225 cm³/mol. The number of halogens is 3. The summed E-state index contributed by atoms with van der Waals surface area (Å²) in [5.74, 6) is -1.52. The highest BCUT2D eigenvalue weighted by molar-refractivity contribution is 7.94. The number of amides is 1. The normalized spacial score (nSPS) is 15.7. The molecule has 59 heavy (non-hydrogen) atoms. The molecule has 1 aromatic rings. The maximum Gasteiger partial charge on any atom is 0.471 e. The second-order valence-electron chi connectivity index (χ2n) is 14.5. The van der Waals surface area contributed by atoms with E-state index in [4.69, 9.17) is 24.7 Å². The second-order valence-corrected chi connectivity index (χ2v) is 18.8. The lowest BCUT2D eigenvalue weighted by molar-refractivity contribution is -0.777. The number of hydrogen-bond acceptors (Lipinski definition) is 11. The van der Waals surface area contributed by atoms with Gasteiger partial charge in [-0.15, -0.1) is 0 Å². The van der Waals surface area contributed by atoms with Crippen LogP contribution in [0.4, 0.5) is 18.9 Å². The first-order valence-electron chi connectivity index (χ1n) is 19.8. The number of hydrogen-bond donors (Lipinski definition) is 1. The first-order chi connectivity index (χ1) is 28.0. The lowest BCUT2D eigenvalue weighted by Crippen LogP contribution is -2.37. The maximum absolute atomic E-state index is 14.6. The van der Waals surface area contributed by atoms with E-state index in [0.29, 0.717) is 43.7 Å². The van der Waals surface area contributed by atoms with Gasteiger partial charge in [0.1, 0.15) is 13.2 Å². The van der Waals surface area contributed by atoms with Gasteiger partial charge in [-0.05, 0) is 79.4 Å². The van der Waals surface area contributed by atoms with Gasteiger partial charge in [0.2, 0.25) is 12.2 Å². The summed E-state index contributed by atoms with van der Waals surface area (Å²) >= 11 is 0.914. The molecular weight excluding hydrogens is 831 g/mol. The van der Waals surface area contributed by atoms with Crippen molar-refractivity contribution in [2.24, 2.45) is 0 Å². The summed E-state index contributed by atoms with van der Waals surface area (Å²) in [5.41, 5.74) is 2.23. The van der Waals surface area contributed by atoms with Gasteiger partial charge in [0.25, 0.3) is 8.53 Å². The first kappa shape index (κ1) is 52.7. The Morgan fingerprint density at radius 1 is 1.02 bits per heavy atom. The van der Waals surface area contributed by atoms with Crippen LogP contribution in [-0.4, -0.2) is 90.9 Å². The van der Waals surface area contributed by atoms with E-state index < -0.39 is 33.6 Å². The van der Waals surface area contributed by atoms with Crippen molar-refractivity contribution in [1.29, 1.82) is 0 Å². The summed E-state index contributed by atoms with van der Waals surface area (Å²) in [6.07, 6.45) is 8.29. The van der Waals surface area contributed by atoms with Gasteiger partial charge in [-0.1, -0.05) is 43.7 Å². The van der Waals surface area contributed by atoms with Gasteiger partial charge in [0, 0.05) is 60.6 Å².